The predicted octanol–water partition coefficient (Wildman–Crippen LogP) is 2.24. The molecule has 10 heavy (non-hydrogen) atoms. The Morgan fingerprint density at radius 3 is 2.50 bits per heavy atom. The molecule has 0 saturated heterocycles. The van der Waals surface area contributed by atoms with Crippen molar-refractivity contribution in [2.75, 3.05) is 0 Å². The van der Waals surface area contributed by atoms with Crippen LogP contribution in [0.25, 0.3) is 0 Å². The number of allylic oxidation sites excluding steroid dienone is 2. The van der Waals surface area contributed by atoms with Gasteiger partial charge in [0.1, 0.15) is 0 Å². The van der Waals surface area contributed by atoms with Crippen LogP contribution in [0.4, 0.5) is 0 Å². The zero-order chi connectivity index (χ0) is 7.98. The number of hydrogen-bond donors (Lipinski definition) is 1. The maximum Gasteiger partial charge on any atom is 0.0440 e. The lowest BCUT2D eigenvalue weighted by atomic mass is 10.1. The van der Waals surface area contributed by atoms with Crippen LogP contribution in [0.5, 0.6) is 0 Å². The van der Waals surface area contributed by atoms with E-state index in [0.29, 0.717) is 6.04 Å². The summed E-state index contributed by atoms with van der Waals surface area (Å²) in [5.41, 5.74) is 1.26. The van der Waals surface area contributed by atoms with Crippen LogP contribution < -0.4 is 5.32 Å². The Balaban J connectivity index is 3.91. The predicted molar refractivity (Wildman–Crippen MR) is 46.7 cm³/mol. The summed E-state index contributed by atoms with van der Waals surface area (Å²) in [7, 11) is 0. The molecule has 0 aromatic rings. The molecule has 0 aliphatic heterocycles. The van der Waals surface area contributed by atoms with Gasteiger partial charge in [0.25, 0.3) is 0 Å². The summed E-state index contributed by atoms with van der Waals surface area (Å²) in [6, 6.07) is 0.357. The van der Waals surface area contributed by atoms with Crippen molar-refractivity contribution in [3.63, 3.8) is 0 Å². The molecule has 0 aliphatic carbocycles. The Bertz CT molecular complexity index is 145. The molecule has 0 radical (unpaired) electrons. The van der Waals surface area contributed by atoms with E-state index in [2.05, 4.69) is 32.3 Å². The van der Waals surface area contributed by atoms with Crippen molar-refractivity contribution in [2.24, 2.45) is 0 Å². The Morgan fingerprint density at radius 2 is 2.10 bits per heavy atom. The molecule has 1 heteroatoms. The van der Waals surface area contributed by atoms with E-state index in [1.165, 1.54) is 5.57 Å². The minimum atomic E-state index is 0.357. The third kappa shape index (κ3) is 3.13. The van der Waals surface area contributed by atoms with Crippen LogP contribution in [0.15, 0.2) is 37.1 Å². The van der Waals surface area contributed by atoms with Gasteiger partial charge in [-0.05, 0) is 20.0 Å². The second-order valence-corrected chi connectivity index (χ2v) is 2.24. The SMILES string of the molecule is C=C/C=C(\C)[C@H](C)NC=C. The van der Waals surface area contributed by atoms with Crippen molar-refractivity contribution >= 4 is 0 Å². The van der Waals surface area contributed by atoms with Gasteiger partial charge in [-0.3, -0.25) is 0 Å². The Hall–Kier alpha value is -0.980. The highest BCUT2D eigenvalue weighted by Crippen LogP contribution is 1.99. The molecule has 1 nitrogen and oxygen atoms in total. The second-order valence-electron chi connectivity index (χ2n) is 2.24. The van der Waals surface area contributed by atoms with Gasteiger partial charge in [-0.25, -0.2) is 0 Å². The van der Waals surface area contributed by atoms with Gasteiger partial charge in [0.05, 0.1) is 0 Å². The monoisotopic (exact) mass is 137 g/mol. The van der Waals surface area contributed by atoms with E-state index in [-0.39, 0.29) is 0 Å². The van der Waals surface area contributed by atoms with E-state index >= 15 is 0 Å². The van der Waals surface area contributed by atoms with E-state index in [0.717, 1.165) is 0 Å². The van der Waals surface area contributed by atoms with Crippen LogP contribution in [0.1, 0.15) is 13.8 Å². The normalized spacial score (nSPS) is 14.0. The van der Waals surface area contributed by atoms with Gasteiger partial charge in [0.2, 0.25) is 0 Å². The fourth-order valence-electron chi connectivity index (χ4n) is 0.638. The quantitative estimate of drug-likeness (QED) is 0.586. The van der Waals surface area contributed by atoms with Gasteiger partial charge in [0.15, 0.2) is 0 Å². The highest BCUT2D eigenvalue weighted by Gasteiger charge is 1.97. The lowest BCUT2D eigenvalue weighted by molar-refractivity contribution is 0.729. The van der Waals surface area contributed by atoms with E-state index in [1.54, 1.807) is 12.3 Å². The molecule has 0 aromatic carbocycles. The molecule has 0 heterocycles. The Kier molecular flexibility index (Phi) is 4.38. The highest BCUT2D eigenvalue weighted by atomic mass is 14.9. The largest absolute Gasteiger partial charge is 0.385 e. The molecule has 0 bridgehead atoms. The van der Waals surface area contributed by atoms with Crippen molar-refractivity contribution in [3.8, 4) is 0 Å². The van der Waals surface area contributed by atoms with Gasteiger partial charge >= 0.3 is 0 Å². The molecule has 0 fully saturated rings. The summed E-state index contributed by atoms with van der Waals surface area (Å²) < 4.78 is 0. The average Bonchev–Trinajstić information content (AvgIpc) is 1.89. The molecule has 0 saturated carbocycles. The maximum absolute atomic E-state index is 3.61. The second kappa shape index (κ2) is 4.86. The average molecular weight is 137 g/mol. The lowest BCUT2D eigenvalue weighted by Crippen LogP contribution is -2.20. The van der Waals surface area contributed by atoms with Crippen molar-refractivity contribution in [2.45, 2.75) is 19.9 Å². The molecule has 1 atom stereocenters. The third-order valence-corrected chi connectivity index (χ3v) is 1.43. The van der Waals surface area contributed by atoms with Crippen LogP contribution in [0.3, 0.4) is 0 Å². The molecular weight excluding hydrogens is 122 g/mol. The molecule has 0 aromatic heterocycles. The molecule has 0 amide bonds. The first-order chi connectivity index (χ1) is 4.72. The van der Waals surface area contributed by atoms with E-state index in [1.807, 2.05) is 6.08 Å². The highest BCUT2D eigenvalue weighted by molar-refractivity contribution is 5.13. The number of nitrogens with one attached hydrogen (secondary N) is 1. The summed E-state index contributed by atoms with van der Waals surface area (Å²) in [6.07, 6.45) is 5.48. The Morgan fingerprint density at radius 1 is 1.50 bits per heavy atom. The summed E-state index contributed by atoms with van der Waals surface area (Å²) in [6.45, 7) is 11.3. The third-order valence-electron chi connectivity index (χ3n) is 1.43. The van der Waals surface area contributed by atoms with Crippen molar-refractivity contribution in [1.29, 1.82) is 0 Å². The lowest BCUT2D eigenvalue weighted by Gasteiger charge is -2.10. The minimum Gasteiger partial charge on any atom is -0.385 e. The summed E-state index contributed by atoms with van der Waals surface area (Å²) in [4.78, 5) is 0. The van der Waals surface area contributed by atoms with Crippen LogP contribution in [-0.2, 0) is 0 Å². The smallest absolute Gasteiger partial charge is 0.0440 e. The van der Waals surface area contributed by atoms with Gasteiger partial charge in [-0.2, -0.15) is 0 Å². The van der Waals surface area contributed by atoms with Crippen LogP contribution in [0.2, 0.25) is 0 Å². The molecular formula is C9H15N. The summed E-state index contributed by atoms with van der Waals surface area (Å²) in [5.74, 6) is 0. The van der Waals surface area contributed by atoms with Crippen molar-refractivity contribution in [1.82, 2.24) is 5.32 Å². The molecule has 56 valence electrons. The minimum absolute atomic E-state index is 0.357. The first kappa shape index (κ1) is 9.02. The van der Waals surface area contributed by atoms with Gasteiger partial charge < -0.3 is 5.32 Å². The van der Waals surface area contributed by atoms with Crippen LogP contribution >= 0.6 is 0 Å². The topological polar surface area (TPSA) is 12.0 Å². The standard InChI is InChI=1S/C9H15N/c1-5-7-8(3)9(4)10-6-2/h5-7,9-10H,1-2H2,3-4H3/b8-7+/t9-/m0/s1. The van der Waals surface area contributed by atoms with E-state index in [9.17, 15) is 0 Å². The number of hydrogen-bond acceptors (Lipinski definition) is 1. The fraction of sp³-hybridized carbons (Fsp3) is 0.333. The molecule has 0 aliphatic rings. The number of rotatable bonds is 4. The van der Waals surface area contributed by atoms with Crippen LogP contribution in [-0.4, -0.2) is 6.04 Å². The zero-order valence-electron chi connectivity index (χ0n) is 6.72. The van der Waals surface area contributed by atoms with Crippen molar-refractivity contribution in [3.05, 3.63) is 37.1 Å². The van der Waals surface area contributed by atoms with Gasteiger partial charge in [-0.1, -0.05) is 30.9 Å². The van der Waals surface area contributed by atoms with E-state index in [4.69, 9.17) is 0 Å². The van der Waals surface area contributed by atoms with Crippen LogP contribution in [0, 0.1) is 0 Å². The molecule has 1 N–H and O–H groups in total. The summed E-state index contributed by atoms with van der Waals surface area (Å²) >= 11 is 0. The van der Waals surface area contributed by atoms with Gasteiger partial charge in [0, 0.05) is 6.04 Å². The first-order valence-electron chi connectivity index (χ1n) is 3.38. The first-order valence-corrected chi connectivity index (χ1v) is 3.38. The molecule has 0 rings (SSSR count). The van der Waals surface area contributed by atoms with Crippen molar-refractivity contribution < 1.29 is 0 Å². The molecule has 0 unspecified atom stereocenters. The van der Waals surface area contributed by atoms with Gasteiger partial charge in [-0.15, -0.1) is 0 Å². The molecule has 0 spiro atoms. The van der Waals surface area contributed by atoms with E-state index < -0.39 is 0 Å². The maximum atomic E-state index is 3.61. The Labute approximate surface area is 63.1 Å². The fourth-order valence-corrected chi connectivity index (χ4v) is 0.638. The summed E-state index contributed by atoms with van der Waals surface area (Å²) in [5, 5.41) is 3.08. The zero-order valence-corrected chi connectivity index (χ0v) is 6.72.